The molecule has 4 heteroatoms. The zero-order valence-electron chi connectivity index (χ0n) is 13.1. The molecule has 1 aliphatic carbocycles. The summed E-state index contributed by atoms with van der Waals surface area (Å²) in [6, 6.07) is 15.8. The third-order valence-electron chi connectivity index (χ3n) is 4.11. The first-order chi connectivity index (χ1) is 11.1. The highest BCUT2D eigenvalue weighted by Gasteiger charge is 2.23. The zero-order chi connectivity index (χ0) is 16.2. The number of amides is 2. The number of aryl methyl sites for hydroxylation is 1. The number of nitrogens with one attached hydrogen (secondary N) is 2. The predicted molar refractivity (Wildman–Crippen MR) is 90.1 cm³/mol. The number of carbonyl (C=O) groups excluding carboxylic acids is 2. The van der Waals surface area contributed by atoms with Crippen LogP contribution in [-0.2, 0) is 22.4 Å². The quantitative estimate of drug-likeness (QED) is 0.912. The average molecular weight is 308 g/mol. The van der Waals surface area contributed by atoms with Crippen molar-refractivity contribution in [3.63, 3.8) is 0 Å². The molecular formula is C19H20N2O2. The van der Waals surface area contributed by atoms with Crippen molar-refractivity contribution in [2.75, 3.05) is 5.32 Å². The number of hydrogen-bond acceptors (Lipinski definition) is 2. The van der Waals surface area contributed by atoms with Gasteiger partial charge in [0.1, 0.15) is 0 Å². The topological polar surface area (TPSA) is 58.2 Å². The van der Waals surface area contributed by atoms with Gasteiger partial charge in [-0.1, -0.05) is 36.4 Å². The van der Waals surface area contributed by atoms with Gasteiger partial charge in [0.25, 0.3) is 0 Å². The number of carbonyl (C=O) groups is 2. The largest absolute Gasteiger partial charge is 0.349 e. The third kappa shape index (κ3) is 3.77. The van der Waals surface area contributed by atoms with Crippen molar-refractivity contribution in [1.29, 1.82) is 0 Å². The zero-order valence-corrected chi connectivity index (χ0v) is 13.1. The molecule has 3 rings (SSSR count). The molecular weight excluding hydrogens is 288 g/mol. The first-order valence-electron chi connectivity index (χ1n) is 7.85. The summed E-state index contributed by atoms with van der Waals surface area (Å²) in [6.45, 7) is 1.47. The van der Waals surface area contributed by atoms with Gasteiger partial charge in [-0.25, -0.2) is 0 Å². The van der Waals surface area contributed by atoms with Gasteiger partial charge in [0.15, 0.2) is 0 Å². The van der Waals surface area contributed by atoms with Gasteiger partial charge in [0, 0.05) is 12.6 Å². The fourth-order valence-electron chi connectivity index (χ4n) is 3.05. The van der Waals surface area contributed by atoms with E-state index in [2.05, 4.69) is 22.8 Å². The predicted octanol–water partition coefficient (Wildman–Crippen LogP) is 2.99. The molecule has 0 bridgehead atoms. The number of hydrogen-bond donors (Lipinski definition) is 2. The first kappa shape index (κ1) is 15.3. The minimum atomic E-state index is -0.101. The van der Waals surface area contributed by atoms with Gasteiger partial charge < -0.3 is 10.6 Å². The van der Waals surface area contributed by atoms with Crippen molar-refractivity contribution in [3.05, 3.63) is 65.2 Å². The molecule has 0 saturated heterocycles. The molecule has 0 spiro atoms. The summed E-state index contributed by atoms with van der Waals surface area (Å²) in [4.78, 5) is 23.3. The maximum Gasteiger partial charge on any atom is 0.224 e. The van der Waals surface area contributed by atoms with Gasteiger partial charge in [0.05, 0.1) is 12.5 Å². The van der Waals surface area contributed by atoms with E-state index >= 15 is 0 Å². The van der Waals surface area contributed by atoms with Crippen molar-refractivity contribution in [2.24, 2.45) is 0 Å². The van der Waals surface area contributed by atoms with E-state index in [1.807, 2.05) is 36.4 Å². The van der Waals surface area contributed by atoms with Crippen LogP contribution in [0.3, 0.4) is 0 Å². The van der Waals surface area contributed by atoms with Gasteiger partial charge in [-0.15, -0.1) is 0 Å². The van der Waals surface area contributed by atoms with Crippen LogP contribution in [0, 0.1) is 0 Å². The lowest BCUT2D eigenvalue weighted by atomic mass is 10.1. The summed E-state index contributed by atoms with van der Waals surface area (Å²) in [5.74, 6) is -0.0747. The fraction of sp³-hybridized carbons (Fsp3) is 0.263. The second-order valence-electron chi connectivity index (χ2n) is 5.91. The maximum absolute atomic E-state index is 12.3. The van der Waals surface area contributed by atoms with Gasteiger partial charge in [-0.05, 0) is 41.7 Å². The van der Waals surface area contributed by atoms with Crippen LogP contribution >= 0.6 is 0 Å². The lowest BCUT2D eigenvalue weighted by Crippen LogP contribution is -2.28. The second kappa shape index (κ2) is 6.65. The van der Waals surface area contributed by atoms with Crippen molar-refractivity contribution < 1.29 is 9.59 Å². The van der Waals surface area contributed by atoms with E-state index < -0.39 is 0 Å². The third-order valence-corrected chi connectivity index (χ3v) is 4.11. The first-order valence-corrected chi connectivity index (χ1v) is 7.85. The molecule has 2 aromatic rings. The Morgan fingerprint density at radius 3 is 2.57 bits per heavy atom. The summed E-state index contributed by atoms with van der Waals surface area (Å²) < 4.78 is 0. The molecule has 2 amide bonds. The van der Waals surface area contributed by atoms with Gasteiger partial charge in [-0.2, -0.15) is 0 Å². The molecule has 1 atom stereocenters. The normalized spacial score (nSPS) is 15.8. The van der Waals surface area contributed by atoms with Crippen LogP contribution in [0.5, 0.6) is 0 Å². The SMILES string of the molecule is CC(=O)Nc1ccc(CC(=O)NC2CCc3ccccc32)cc1. The van der Waals surface area contributed by atoms with Crippen LogP contribution in [-0.4, -0.2) is 11.8 Å². The highest BCUT2D eigenvalue weighted by molar-refractivity contribution is 5.88. The molecule has 2 N–H and O–H groups in total. The highest BCUT2D eigenvalue weighted by atomic mass is 16.2. The van der Waals surface area contributed by atoms with Crippen LogP contribution < -0.4 is 10.6 Å². The van der Waals surface area contributed by atoms with Gasteiger partial charge in [-0.3, -0.25) is 9.59 Å². The van der Waals surface area contributed by atoms with E-state index in [1.54, 1.807) is 0 Å². The number of rotatable bonds is 4. The molecule has 0 heterocycles. The highest BCUT2D eigenvalue weighted by Crippen LogP contribution is 2.30. The number of fused-ring (bicyclic) bond motifs is 1. The Morgan fingerprint density at radius 1 is 1.09 bits per heavy atom. The Bertz CT molecular complexity index is 722. The molecule has 1 unspecified atom stereocenters. The summed E-state index contributed by atoms with van der Waals surface area (Å²) in [5, 5.41) is 5.84. The molecule has 0 aromatic heterocycles. The molecule has 0 aliphatic heterocycles. The minimum Gasteiger partial charge on any atom is -0.349 e. The second-order valence-corrected chi connectivity index (χ2v) is 5.91. The number of benzene rings is 2. The maximum atomic E-state index is 12.3. The average Bonchev–Trinajstić information content (AvgIpc) is 2.92. The molecule has 4 nitrogen and oxygen atoms in total. The lowest BCUT2D eigenvalue weighted by molar-refractivity contribution is -0.121. The molecule has 23 heavy (non-hydrogen) atoms. The van der Waals surface area contributed by atoms with Crippen LogP contribution in [0.25, 0.3) is 0 Å². The van der Waals surface area contributed by atoms with E-state index in [-0.39, 0.29) is 17.9 Å². The van der Waals surface area contributed by atoms with E-state index in [9.17, 15) is 9.59 Å². The molecule has 2 aromatic carbocycles. The van der Waals surface area contributed by atoms with Crippen molar-refractivity contribution >= 4 is 17.5 Å². The van der Waals surface area contributed by atoms with E-state index in [4.69, 9.17) is 0 Å². The Morgan fingerprint density at radius 2 is 1.83 bits per heavy atom. The fourth-order valence-corrected chi connectivity index (χ4v) is 3.05. The molecule has 1 aliphatic rings. The van der Waals surface area contributed by atoms with Gasteiger partial charge >= 0.3 is 0 Å². The monoisotopic (exact) mass is 308 g/mol. The molecule has 118 valence electrons. The Labute approximate surface area is 135 Å². The van der Waals surface area contributed by atoms with Gasteiger partial charge in [0.2, 0.25) is 11.8 Å². The standard InChI is InChI=1S/C19H20N2O2/c1-13(22)20-16-9-6-14(7-10-16)12-19(23)21-18-11-8-15-4-2-3-5-17(15)18/h2-7,9-10,18H,8,11-12H2,1H3,(H,20,22)(H,21,23). The Hall–Kier alpha value is -2.62. The lowest BCUT2D eigenvalue weighted by Gasteiger charge is -2.14. The summed E-state index contributed by atoms with van der Waals surface area (Å²) in [6.07, 6.45) is 2.33. The van der Waals surface area contributed by atoms with Crippen molar-refractivity contribution in [2.45, 2.75) is 32.2 Å². The summed E-state index contributed by atoms with van der Waals surface area (Å²) in [7, 11) is 0. The van der Waals surface area contributed by atoms with E-state index in [0.717, 1.165) is 24.1 Å². The molecule has 0 radical (unpaired) electrons. The van der Waals surface area contributed by atoms with Crippen molar-refractivity contribution in [3.8, 4) is 0 Å². The smallest absolute Gasteiger partial charge is 0.224 e. The van der Waals surface area contributed by atoms with Crippen LogP contribution in [0.4, 0.5) is 5.69 Å². The van der Waals surface area contributed by atoms with Crippen LogP contribution in [0.1, 0.15) is 36.1 Å². The Kier molecular flexibility index (Phi) is 4.42. The minimum absolute atomic E-state index is 0.0268. The van der Waals surface area contributed by atoms with E-state index in [1.165, 1.54) is 18.1 Å². The number of anilines is 1. The molecule has 0 saturated carbocycles. The van der Waals surface area contributed by atoms with E-state index in [0.29, 0.717) is 6.42 Å². The molecule has 0 fully saturated rings. The van der Waals surface area contributed by atoms with Crippen molar-refractivity contribution in [1.82, 2.24) is 5.32 Å². The van der Waals surface area contributed by atoms with Crippen LogP contribution in [0.15, 0.2) is 48.5 Å². The van der Waals surface area contributed by atoms with Crippen LogP contribution in [0.2, 0.25) is 0 Å². The summed E-state index contributed by atoms with van der Waals surface area (Å²) in [5.41, 5.74) is 4.24. The summed E-state index contributed by atoms with van der Waals surface area (Å²) >= 11 is 0. The Balaban J connectivity index is 1.59.